The van der Waals surface area contributed by atoms with Gasteiger partial charge in [-0.3, -0.25) is 4.79 Å². The Morgan fingerprint density at radius 3 is 2.62 bits per heavy atom. The van der Waals surface area contributed by atoms with Crippen LogP contribution in [0.25, 0.3) is 0 Å². The van der Waals surface area contributed by atoms with Crippen molar-refractivity contribution in [1.82, 2.24) is 4.90 Å². The number of phenols is 1. The van der Waals surface area contributed by atoms with Crippen LogP contribution < -0.4 is 0 Å². The number of carbonyl (C=O) groups excluding carboxylic acids is 1. The molecule has 1 amide bonds. The summed E-state index contributed by atoms with van der Waals surface area (Å²) in [6.45, 7) is 2.97. The second-order valence-electron chi connectivity index (χ2n) is 6.95. The number of piperidine rings is 1. The van der Waals surface area contributed by atoms with Crippen LogP contribution in [-0.4, -0.2) is 29.0 Å². The van der Waals surface area contributed by atoms with Crippen LogP contribution in [0.4, 0.5) is 8.78 Å². The number of phenolic OH excluding ortho intramolecular Hbond substituents is 1. The first-order valence-electron chi connectivity index (χ1n) is 8.98. The number of likely N-dealkylation sites (tertiary alicyclic amines) is 1. The maximum absolute atomic E-state index is 13.8. The maximum atomic E-state index is 13.8. The van der Waals surface area contributed by atoms with Crippen molar-refractivity contribution in [2.45, 2.75) is 32.6 Å². The number of hydrogen-bond donors (Lipinski definition) is 1. The van der Waals surface area contributed by atoms with E-state index in [0.29, 0.717) is 37.1 Å². The summed E-state index contributed by atoms with van der Waals surface area (Å²) in [5, 5.41) is 9.82. The molecule has 1 fully saturated rings. The lowest BCUT2D eigenvalue weighted by Gasteiger charge is -2.33. The highest BCUT2D eigenvalue weighted by Gasteiger charge is 2.26. The molecule has 0 radical (unpaired) electrons. The number of carbonyl (C=O) groups is 1. The maximum Gasteiger partial charge on any atom is 0.254 e. The molecule has 1 aliphatic heterocycles. The molecule has 1 heterocycles. The average Bonchev–Trinajstić information content (AvgIpc) is 2.63. The van der Waals surface area contributed by atoms with E-state index in [4.69, 9.17) is 0 Å². The molecular formula is C21H23F2NO2. The number of rotatable bonds is 4. The minimum absolute atomic E-state index is 0.0971. The van der Waals surface area contributed by atoms with Crippen molar-refractivity contribution in [1.29, 1.82) is 0 Å². The highest BCUT2D eigenvalue weighted by molar-refractivity contribution is 5.96. The van der Waals surface area contributed by atoms with Gasteiger partial charge < -0.3 is 10.0 Å². The Morgan fingerprint density at radius 2 is 1.88 bits per heavy atom. The van der Waals surface area contributed by atoms with Crippen LogP contribution in [0.1, 0.15) is 40.7 Å². The molecule has 2 aromatic carbocycles. The van der Waals surface area contributed by atoms with Gasteiger partial charge in [0.15, 0.2) is 0 Å². The molecule has 2 aromatic rings. The minimum Gasteiger partial charge on any atom is -0.508 e. The zero-order valence-electron chi connectivity index (χ0n) is 14.8. The first-order chi connectivity index (χ1) is 12.5. The number of halogens is 2. The van der Waals surface area contributed by atoms with Gasteiger partial charge in [0, 0.05) is 29.8 Å². The van der Waals surface area contributed by atoms with E-state index in [1.807, 2.05) is 0 Å². The van der Waals surface area contributed by atoms with Crippen LogP contribution in [-0.2, 0) is 6.42 Å². The second kappa shape index (κ2) is 7.85. The van der Waals surface area contributed by atoms with Gasteiger partial charge in [-0.05, 0) is 62.8 Å². The molecule has 0 spiro atoms. The van der Waals surface area contributed by atoms with Crippen molar-refractivity contribution < 1.29 is 18.7 Å². The second-order valence-corrected chi connectivity index (χ2v) is 6.95. The fourth-order valence-electron chi connectivity index (χ4n) is 3.63. The fourth-order valence-corrected chi connectivity index (χ4v) is 3.63. The van der Waals surface area contributed by atoms with E-state index in [1.165, 1.54) is 18.2 Å². The van der Waals surface area contributed by atoms with E-state index >= 15 is 0 Å². The van der Waals surface area contributed by atoms with E-state index in [2.05, 4.69) is 0 Å². The predicted octanol–water partition coefficient (Wildman–Crippen LogP) is 4.46. The first kappa shape index (κ1) is 18.4. The topological polar surface area (TPSA) is 40.5 Å². The van der Waals surface area contributed by atoms with Crippen LogP contribution in [0.15, 0.2) is 36.4 Å². The highest BCUT2D eigenvalue weighted by atomic mass is 19.1. The van der Waals surface area contributed by atoms with Crippen molar-refractivity contribution in [2.24, 2.45) is 5.92 Å². The molecule has 0 unspecified atom stereocenters. The van der Waals surface area contributed by atoms with Crippen LogP contribution in [0.3, 0.4) is 0 Å². The molecule has 0 aliphatic carbocycles. The monoisotopic (exact) mass is 359 g/mol. The van der Waals surface area contributed by atoms with Crippen LogP contribution in [0.2, 0.25) is 0 Å². The third-order valence-corrected chi connectivity index (χ3v) is 5.21. The number of aromatic hydroxyl groups is 1. The standard InChI is InChI=1S/C21H23F2NO2/c1-14-16(6-2-9-20(14)25)21(26)24-12-4-5-15(13-24)10-11-17-18(22)7-3-8-19(17)23/h2-3,6-9,15,25H,4-5,10-13H2,1H3/t15-/m1/s1. The Labute approximate surface area is 152 Å². The Bertz CT molecular complexity index is 786. The molecule has 5 heteroatoms. The zero-order chi connectivity index (χ0) is 18.7. The van der Waals surface area contributed by atoms with Gasteiger partial charge in [0.05, 0.1) is 0 Å². The molecule has 1 atom stereocenters. The summed E-state index contributed by atoms with van der Waals surface area (Å²) in [6.07, 6.45) is 2.78. The van der Waals surface area contributed by atoms with Crippen LogP contribution in [0.5, 0.6) is 5.75 Å². The van der Waals surface area contributed by atoms with E-state index in [1.54, 1.807) is 30.0 Å². The SMILES string of the molecule is Cc1c(O)cccc1C(=O)N1CCC[C@H](CCc2c(F)cccc2F)C1. The number of amides is 1. The number of benzene rings is 2. The summed E-state index contributed by atoms with van der Waals surface area (Å²) in [4.78, 5) is 14.6. The number of nitrogens with zero attached hydrogens (tertiary/aromatic N) is 1. The van der Waals surface area contributed by atoms with E-state index in [9.17, 15) is 18.7 Å². The van der Waals surface area contributed by atoms with E-state index in [-0.39, 0.29) is 23.1 Å². The highest BCUT2D eigenvalue weighted by Crippen LogP contribution is 2.26. The van der Waals surface area contributed by atoms with Crippen molar-refractivity contribution >= 4 is 5.91 Å². The van der Waals surface area contributed by atoms with Gasteiger partial charge in [0.25, 0.3) is 5.91 Å². The van der Waals surface area contributed by atoms with Gasteiger partial charge in [-0.2, -0.15) is 0 Å². The largest absolute Gasteiger partial charge is 0.508 e. The zero-order valence-corrected chi connectivity index (χ0v) is 14.8. The van der Waals surface area contributed by atoms with Gasteiger partial charge in [-0.15, -0.1) is 0 Å². The minimum atomic E-state index is -0.510. The van der Waals surface area contributed by atoms with Crippen molar-refractivity contribution in [3.05, 3.63) is 64.7 Å². The third kappa shape index (κ3) is 3.87. The lowest BCUT2D eigenvalue weighted by atomic mass is 9.91. The molecule has 0 aromatic heterocycles. The van der Waals surface area contributed by atoms with Gasteiger partial charge in [0.2, 0.25) is 0 Å². The van der Waals surface area contributed by atoms with Crippen molar-refractivity contribution in [2.75, 3.05) is 13.1 Å². The van der Waals surface area contributed by atoms with Crippen molar-refractivity contribution in [3.8, 4) is 5.75 Å². The third-order valence-electron chi connectivity index (χ3n) is 5.21. The van der Waals surface area contributed by atoms with E-state index < -0.39 is 11.6 Å². The first-order valence-corrected chi connectivity index (χ1v) is 8.98. The Morgan fingerprint density at radius 1 is 1.19 bits per heavy atom. The molecule has 26 heavy (non-hydrogen) atoms. The van der Waals surface area contributed by atoms with Gasteiger partial charge >= 0.3 is 0 Å². The van der Waals surface area contributed by atoms with Gasteiger partial charge in [-0.25, -0.2) is 8.78 Å². The number of hydrogen-bond acceptors (Lipinski definition) is 2. The van der Waals surface area contributed by atoms with Crippen LogP contribution >= 0.6 is 0 Å². The summed E-state index contributed by atoms with van der Waals surface area (Å²) in [6, 6.07) is 8.87. The Kier molecular flexibility index (Phi) is 5.55. The molecule has 3 nitrogen and oxygen atoms in total. The summed E-state index contributed by atoms with van der Waals surface area (Å²) in [5.41, 5.74) is 1.21. The molecule has 3 rings (SSSR count). The Balaban J connectivity index is 1.66. The summed E-state index contributed by atoms with van der Waals surface area (Å²) in [7, 11) is 0. The van der Waals surface area contributed by atoms with Gasteiger partial charge in [-0.1, -0.05) is 12.1 Å². The summed E-state index contributed by atoms with van der Waals surface area (Å²) >= 11 is 0. The Hall–Kier alpha value is -2.43. The lowest BCUT2D eigenvalue weighted by Crippen LogP contribution is -2.40. The molecule has 1 N–H and O–H groups in total. The average molecular weight is 359 g/mol. The molecule has 138 valence electrons. The van der Waals surface area contributed by atoms with Gasteiger partial charge in [0.1, 0.15) is 17.4 Å². The lowest BCUT2D eigenvalue weighted by molar-refractivity contribution is 0.0667. The predicted molar refractivity (Wildman–Crippen MR) is 96.2 cm³/mol. The molecule has 0 saturated carbocycles. The normalized spacial score (nSPS) is 17.3. The summed E-state index contributed by atoms with van der Waals surface area (Å²) in [5.74, 6) is -0.794. The molecule has 1 saturated heterocycles. The van der Waals surface area contributed by atoms with Crippen LogP contribution in [0, 0.1) is 24.5 Å². The van der Waals surface area contributed by atoms with Crippen molar-refractivity contribution in [3.63, 3.8) is 0 Å². The quantitative estimate of drug-likeness (QED) is 0.875. The molecular weight excluding hydrogens is 336 g/mol. The summed E-state index contributed by atoms with van der Waals surface area (Å²) < 4.78 is 27.6. The fraction of sp³-hybridized carbons (Fsp3) is 0.381. The smallest absolute Gasteiger partial charge is 0.254 e. The molecule has 0 bridgehead atoms. The van der Waals surface area contributed by atoms with E-state index in [0.717, 1.165) is 12.8 Å². The molecule has 1 aliphatic rings.